The van der Waals surface area contributed by atoms with E-state index in [1.807, 2.05) is 0 Å². The minimum atomic E-state index is -5.10. The predicted octanol–water partition coefficient (Wildman–Crippen LogP) is 0.406. The third kappa shape index (κ3) is 3.99. The molecule has 0 aliphatic carbocycles. The van der Waals surface area contributed by atoms with E-state index in [0.717, 1.165) is 45.2 Å². The first-order chi connectivity index (χ1) is 7.46. The first-order valence-corrected chi connectivity index (χ1v) is 5.82. The summed E-state index contributed by atoms with van der Waals surface area (Å²) in [7, 11) is 0. The van der Waals surface area contributed by atoms with Crippen LogP contribution in [0.15, 0.2) is 0 Å². The minimum Gasteiger partial charge on any atom is -0.871 e. The van der Waals surface area contributed by atoms with Crippen LogP contribution in [0.5, 0.6) is 5.75 Å². The zero-order valence-electron chi connectivity index (χ0n) is 8.38. The van der Waals surface area contributed by atoms with E-state index >= 15 is 0 Å². The summed E-state index contributed by atoms with van der Waals surface area (Å²) in [5.41, 5.74) is -3.62. The molecule has 11 heteroatoms. The van der Waals surface area contributed by atoms with Gasteiger partial charge in [0.2, 0.25) is 0 Å². The molecule has 0 unspecified atom stereocenters. The van der Waals surface area contributed by atoms with Gasteiger partial charge in [-0.05, 0) is 45.2 Å². The van der Waals surface area contributed by atoms with Crippen molar-refractivity contribution in [3.63, 3.8) is 0 Å². The molecule has 0 saturated carbocycles. The van der Waals surface area contributed by atoms with Crippen molar-refractivity contribution < 1.29 is 61.0 Å². The second kappa shape index (κ2) is 6.18. The molecule has 96 valence electrons. The van der Waals surface area contributed by atoms with E-state index in [4.69, 9.17) is 0 Å². The van der Waals surface area contributed by atoms with E-state index in [9.17, 15) is 31.4 Å². The maximum absolute atomic E-state index is 12.4. The molecule has 0 bridgehead atoms. The molecule has 0 amide bonds. The van der Waals surface area contributed by atoms with Gasteiger partial charge in [0.15, 0.2) is 11.4 Å². The van der Waals surface area contributed by atoms with Crippen LogP contribution in [0.25, 0.3) is 0 Å². The van der Waals surface area contributed by atoms with Crippen LogP contribution >= 0.6 is 45.2 Å². The van der Waals surface area contributed by atoms with Crippen LogP contribution in [-0.2, 0) is 12.4 Å². The Kier molecular flexibility index (Phi) is 6.52. The monoisotopic (exact) mass is 505 g/mol. The Hall–Kier alpha value is 0.990. The van der Waals surface area contributed by atoms with Gasteiger partial charge in [-0.25, -0.2) is 4.98 Å². The van der Waals surface area contributed by atoms with Gasteiger partial charge >= 0.3 is 41.9 Å². The van der Waals surface area contributed by atoms with E-state index < -0.39 is 36.6 Å². The van der Waals surface area contributed by atoms with Crippen LogP contribution in [0.1, 0.15) is 11.4 Å². The van der Waals surface area contributed by atoms with Crippen LogP contribution in [0, 0.1) is 7.14 Å². The Morgan fingerprint density at radius 3 is 1.33 bits per heavy atom. The first-order valence-electron chi connectivity index (χ1n) is 3.66. The van der Waals surface area contributed by atoms with Gasteiger partial charge < -0.3 is 5.11 Å². The zero-order chi connectivity index (χ0) is 13.6. The molecule has 0 aliphatic heterocycles. The SMILES string of the molecule is [Na+].[O-]c1c(I)c(C(F)(F)F)nc(C(F)(F)F)c1I. The van der Waals surface area contributed by atoms with Crippen molar-refractivity contribution in [2.24, 2.45) is 0 Å². The second-order valence-corrected chi connectivity index (χ2v) is 4.92. The Balaban J connectivity index is 0.00000289. The van der Waals surface area contributed by atoms with Gasteiger partial charge in [-0.2, -0.15) is 26.3 Å². The van der Waals surface area contributed by atoms with E-state index in [0.29, 0.717) is 0 Å². The van der Waals surface area contributed by atoms with Crippen molar-refractivity contribution in [1.29, 1.82) is 0 Å². The molecule has 0 radical (unpaired) electrons. The largest absolute Gasteiger partial charge is 1.00 e. The summed E-state index contributed by atoms with van der Waals surface area (Å²) in [5.74, 6) is -1.32. The number of alkyl halides is 6. The molecule has 1 rings (SSSR count). The topological polar surface area (TPSA) is 36.0 Å². The van der Waals surface area contributed by atoms with Gasteiger partial charge in [0.25, 0.3) is 0 Å². The van der Waals surface area contributed by atoms with Gasteiger partial charge in [-0.1, -0.05) is 5.75 Å². The summed E-state index contributed by atoms with van der Waals surface area (Å²) in [6.07, 6.45) is -10.2. The Morgan fingerprint density at radius 2 is 1.11 bits per heavy atom. The summed E-state index contributed by atoms with van der Waals surface area (Å²) in [5, 5.41) is 11.2. The van der Waals surface area contributed by atoms with E-state index in [1.165, 1.54) is 0 Å². The summed E-state index contributed by atoms with van der Waals surface area (Å²) in [6.45, 7) is 0. The fraction of sp³-hybridized carbons (Fsp3) is 0.286. The minimum absolute atomic E-state index is 0. The smallest absolute Gasteiger partial charge is 0.871 e. The van der Waals surface area contributed by atoms with Gasteiger partial charge in [-0.15, -0.1) is 0 Å². The van der Waals surface area contributed by atoms with Crippen molar-refractivity contribution in [1.82, 2.24) is 4.98 Å². The number of halogens is 8. The molecule has 1 aromatic heterocycles. The standard InChI is InChI=1S/C7HF6I2NO.Na/c8-6(9,10)4-1(14)3(17)2(15)5(16-4)7(11,12)13;/h(H,16,17);/q;+1/p-1. The summed E-state index contributed by atoms with van der Waals surface area (Å²) < 4.78 is 72.4. The molecule has 0 saturated heterocycles. The first kappa shape index (κ1) is 19.0. The quantitative estimate of drug-likeness (QED) is 0.291. The number of hydrogen-bond acceptors (Lipinski definition) is 2. The van der Waals surface area contributed by atoms with Gasteiger partial charge in [0, 0.05) is 7.14 Å². The van der Waals surface area contributed by atoms with E-state index in [2.05, 4.69) is 4.98 Å². The summed E-state index contributed by atoms with van der Waals surface area (Å²) in [6, 6.07) is 0. The number of hydrogen-bond donors (Lipinski definition) is 0. The van der Waals surface area contributed by atoms with Crippen molar-refractivity contribution in [3.8, 4) is 5.75 Å². The number of pyridine rings is 1. The molecule has 18 heavy (non-hydrogen) atoms. The van der Waals surface area contributed by atoms with Gasteiger partial charge in [-0.3, -0.25) is 0 Å². The third-order valence-electron chi connectivity index (χ3n) is 1.58. The predicted molar refractivity (Wildman–Crippen MR) is 59.1 cm³/mol. The molecule has 0 N–H and O–H groups in total. The molecule has 0 fully saturated rings. The number of aromatic nitrogens is 1. The van der Waals surface area contributed by atoms with Crippen LogP contribution in [0.3, 0.4) is 0 Å². The molecular formula is C7F6I2NNaO. The number of rotatable bonds is 0. The average Bonchev–Trinajstić information content (AvgIpc) is 2.10. The molecular weight excluding hydrogens is 505 g/mol. The Morgan fingerprint density at radius 1 is 0.833 bits per heavy atom. The maximum atomic E-state index is 12.4. The second-order valence-electron chi connectivity index (χ2n) is 2.76. The maximum Gasteiger partial charge on any atom is 1.00 e. The summed E-state index contributed by atoms with van der Waals surface area (Å²) >= 11 is 2.07. The van der Waals surface area contributed by atoms with Crippen LogP contribution in [0.4, 0.5) is 26.3 Å². The van der Waals surface area contributed by atoms with Crippen LogP contribution < -0.4 is 34.7 Å². The van der Waals surface area contributed by atoms with Gasteiger partial charge in [0.1, 0.15) is 0 Å². The molecule has 1 heterocycles. The van der Waals surface area contributed by atoms with Gasteiger partial charge in [0.05, 0.1) is 0 Å². The molecule has 1 aromatic rings. The summed E-state index contributed by atoms with van der Waals surface area (Å²) in [4.78, 5) is 2.51. The van der Waals surface area contributed by atoms with Crippen LogP contribution in [-0.4, -0.2) is 4.98 Å². The van der Waals surface area contributed by atoms with Crippen LogP contribution in [0.2, 0.25) is 0 Å². The molecule has 0 spiro atoms. The zero-order valence-corrected chi connectivity index (χ0v) is 14.7. The third-order valence-corrected chi connectivity index (χ3v) is 3.58. The molecule has 0 aliphatic rings. The van der Waals surface area contributed by atoms with Crippen molar-refractivity contribution in [2.75, 3.05) is 0 Å². The normalized spacial score (nSPS) is 12.2. The van der Waals surface area contributed by atoms with Crippen molar-refractivity contribution >= 4 is 45.2 Å². The van der Waals surface area contributed by atoms with Crippen molar-refractivity contribution in [3.05, 3.63) is 18.5 Å². The Bertz CT molecular complexity index is 422. The molecule has 0 aromatic carbocycles. The molecule has 0 atom stereocenters. The Labute approximate surface area is 146 Å². The number of nitrogens with zero attached hydrogens (tertiary/aromatic N) is 1. The fourth-order valence-corrected chi connectivity index (χ4v) is 2.81. The fourth-order valence-electron chi connectivity index (χ4n) is 0.897. The molecule has 2 nitrogen and oxygen atoms in total. The van der Waals surface area contributed by atoms with E-state index in [-0.39, 0.29) is 29.6 Å². The van der Waals surface area contributed by atoms with E-state index in [1.54, 1.807) is 0 Å². The van der Waals surface area contributed by atoms with Crippen molar-refractivity contribution in [2.45, 2.75) is 12.4 Å². The average molecular weight is 505 g/mol.